The van der Waals surface area contributed by atoms with Gasteiger partial charge in [-0.1, -0.05) is 25.7 Å². The van der Waals surface area contributed by atoms with Crippen LogP contribution < -0.4 is 5.32 Å². The van der Waals surface area contributed by atoms with Crippen LogP contribution in [0.5, 0.6) is 0 Å². The van der Waals surface area contributed by atoms with Crippen molar-refractivity contribution in [1.29, 1.82) is 0 Å². The lowest BCUT2D eigenvalue weighted by molar-refractivity contribution is -0.143. The fourth-order valence-corrected chi connectivity index (χ4v) is 3.32. The Bertz CT molecular complexity index is 277. The van der Waals surface area contributed by atoms with Crippen LogP contribution in [0.3, 0.4) is 0 Å². The molecule has 2 atom stereocenters. The number of aliphatic carboxylic acids is 1. The third-order valence-electron chi connectivity index (χ3n) is 4.46. The van der Waals surface area contributed by atoms with Crippen molar-refractivity contribution in [2.75, 3.05) is 13.2 Å². The summed E-state index contributed by atoms with van der Waals surface area (Å²) in [6.07, 6.45) is 10.6. The van der Waals surface area contributed by atoms with E-state index in [0.29, 0.717) is 12.1 Å². The zero-order valence-electron chi connectivity index (χ0n) is 11.8. The van der Waals surface area contributed by atoms with E-state index in [-0.39, 0.29) is 5.92 Å². The van der Waals surface area contributed by atoms with Crippen LogP contribution in [0, 0.1) is 5.92 Å². The van der Waals surface area contributed by atoms with Crippen molar-refractivity contribution < 1.29 is 14.6 Å². The SMILES string of the molecule is O=C(O)C1CCCC(NCCOC2CCCCC2)C1. The molecule has 0 amide bonds. The quantitative estimate of drug-likeness (QED) is 0.728. The predicted molar refractivity (Wildman–Crippen MR) is 74.2 cm³/mol. The number of carbonyl (C=O) groups is 1. The fraction of sp³-hybridized carbons (Fsp3) is 0.933. The Hall–Kier alpha value is -0.610. The lowest BCUT2D eigenvalue weighted by atomic mass is 9.86. The van der Waals surface area contributed by atoms with Gasteiger partial charge in [-0.05, 0) is 32.1 Å². The summed E-state index contributed by atoms with van der Waals surface area (Å²) >= 11 is 0. The number of carboxylic acid groups (broad SMARTS) is 1. The highest BCUT2D eigenvalue weighted by atomic mass is 16.5. The Labute approximate surface area is 115 Å². The number of carboxylic acids is 1. The van der Waals surface area contributed by atoms with Crippen LogP contribution in [0.25, 0.3) is 0 Å². The highest BCUT2D eigenvalue weighted by Gasteiger charge is 2.26. The van der Waals surface area contributed by atoms with Gasteiger partial charge in [-0.2, -0.15) is 0 Å². The molecule has 2 aliphatic rings. The van der Waals surface area contributed by atoms with Crippen LogP contribution in [0.1, 0.15) is 57.8 Å². The molecule has 0 radical (unpaired) electrons. The number of rotatable bonds is 6. The molecule has 0 heterocycles. The second kappa shape index (κ2) is 7.85. The molecule has 2 unspecified atom stereocenters. The van der Waals surface area contributed by atoms with E-state index in [1.807, 2.05) is 0 Å². The molecule has 0 aliphatic heterocycles. The average molecular weight is 269 g/mol. The van der Waals surface area contributed by atoms with E-state index < -0.39 is 5.97 Å². The smallest absolute Gasteiger partial charge is 0.306 e. The minimum Gasteiger partial charge on any atom is -0.481 e. The van der Waals surface area contributed by atoms with Crippen LogP contribution in [-0.4, -0.2) is 36.4 Å². The Morgan fingerprint density at radius 3 is 2.63 bits per heavy atom. The lowest BCUT2D eigenvalue weighted by Crippen LogP contribution is -2.38. The van der Waals surface area contributed by atoms with Gasteiger partial charge in [-0.15, -0.1) is 0 Å². The van der Waals surface area contributed by atoms with Gasteiger partial charge in [0.2, 0.25) is 0 Å². The van der Waals surface area contributed by atoms with Crippen LogP contribution >= 0.6 is 0 Å². The number of hydrogen-bond acceptors (Lipinski definition) is 3. The third-order valence-corrected chi connectivity index (χ3v) is 4.46. The third kappa shape index (κ3) is 5.11. The van der Waals surface area contributed by atoms with Crippen molar-refractivity contribution >= 4 is 5.97 Å². The maximum atomic E-state index is 11.0. The summed E-state index contributed by atoms with van der Waals surface area (Å²) in [7, 11) is 0. The molecule has 2 N–H and O–H groups in total. The molecule has 110 valence electrons. The van der Waals surface area contributed by atoms with Gasteiger partial charge in [0.25, 0.3) is 0 Å². The second-order valence-electron chi connectivity index (χ2n) is 5.98. The van der Waals surface area contributed by atoms with Gasteiger partial charge in [-0.25, -0.2) is 0 Å². The van der Waals surface area contributed by atoms with Gasteiger partial charge in [0.15, 0.2) is 0 Å². The van der Waals surface area contributed by atoms with E-state index in [9.17, 15) is 4.79 Å². The summed E-state index contributed by atoms with van der Waals surface area (Å²) in [4.78, 5) is 11.0. The standard InChI is InChI=1S/C15H27NO3/c17-15(18)12-5-4-6-13(11-12)16-9-10-19-14-7-2-1-3-8-14/h12-14,16H,1-11H2,(H,17,18). The van der Waals surface area contributed by atoms with Crippen molar-refractivity contribution in [1.82, 2.24) is 5.32 Å². The van der Waals surface area contributed by atoms with Gasteiger partial charge in [0.1, 0.15) is 0 Å². The van der Waals surface area contributed by atoms with Crippen LogP contribution in [0.4, 0.5) is 0 Å². The van der Waals surface area contributed by atoms with E-state index in [0.717, 1.165) is 38.8 Å². The fourth-order valence-electron chi connectivity index (χ4n) is 3.32. The van der Waals surface area contributed by atoms with Crippen LogP contribution in [-0.2, 0) is 9.53 Å². The molecule has 0 spiro atoms. The summed E-state index contributed by atoms with van der Waals surface area (Å²) in [6, 6.07) is 0.366. The first-order valence-electron chi connectivity index (χ1n) is 7.83. The predicted octanol–water partition coefficient (Wildman–Crippen LogP) is 2.57. The molecular formula is C15H27NO3. The van der Waals surface area contributed by atoms with E-state index in [4.69, 9.17) is 9.84 Å². The molecule has 2 rings (SSSR count). The molecule has 2 fully saturated rings. The normalized spacial score (nSPS) is 29.3. The maximum Gasteiger partial charge on any atom is 0.306 e. The number of nitrogens with one attached hydrogen (secondary N) is 1. The lowest BCUT2D eigenvalue weighted by Gasteiger charge is -2.28. The van der Waals surface area contributed by atoms with Crippen molar-refractivity contribution in [2.45, 2.75) is 69.9 Å². The number of hydrogen-bond donors (Lipinski definition) is 2. The van der Waals surface area contributed by atoms with Gasteiger partial charge < -0.3 is 15.2 Å². The molecule has 2 aliphatic carbocycles. The molecule has 19 heavy (non-hydrogen) atoms. The van der Waals surface area contributed by atoms with Crippen LogP contribution in [0.2, 0.25) is 0 Å². The van der Waals surface area contributed by atoms with Crippen molar-refractivity contribution in [2.24, 2.45) is 5.92 Å². The van der Waals surface area contributed by atoms with Gasteiger partial charge in [-0.3, -0.25) is 4.79 Å². The van der Waals surface area contributed by atoms with Crippen molar-refractivity contribution in [3.8, 4) is 0 Å². The summed E-state index contributed by atoms with van der Waals surface area (Å²) in [5.74, 6) is -0.782. The first-order chi connectivity index (χ1) is 9.25. The van der Waals surface area contributed by atoms with Crippen molar-refractivity contribution in [3.05, 3.63) is 0 Å². The van der Waals surface area contributed by atoms with Gasteiger partial charge in [0.05, 0.1) is 18.6 Å². The molecular weight excluding hydrogens is 242 g/mol. The Morgan fingerprint density at radius 2 is 1.89 bits per heavy atom. The highest BCUT2D eigenvalue weighted by Crippen LogP contribution is 2.24. The Kier molecular flexibility index (Phi) is 6.11. The molecule has 0 aromatic heterocycles. The Morgan fingerprint density at radius 1 is 1.11 bits per heavy atom. The Balaban J connectivity index is 1.56. The minimum atomic E-state index is -0.634. The molecule has 0 saturated heterocycles. The molecule has 0 aromatic rings. The topological polar surface area (TPSA) is 58.6 Å². The van der Waals surface area contributed by atoms with Gasteiger partial charge >= 0.3 is 5.97 Å². The summed E-state index contributed by atoms with van der Waals surface area (Å²) in [5.41, 5.74) is 0. The van der Waals surface area contributed by atoms with Gasteiger partial charge in [0, 0.05) is 12.6 Å². The molecule has 2 saturated carbocycles. The van der Waals surface area contributed by atoms with Crippen LogP contribution in [0.15, 0.2) is 0 Å². The molecule has 0 aromatic carbocycles. The average Bonchev–Trinajstić information content (AvgIpc) is 2.45. The molecule has 4 nitrogen and oxygen atoms in total. The largest absolute Gasteiger partial charge is 0.481 e. The second-order valence-corrected chi connectivity index (χ2v) is 5.98. The van der Waals surface area contributed by atoms with E-state index in [1.54, 1.807) is 0 Å². The zero-order valence-corrected chi connectivity index (χ0v) is 11.8. The summed E-state index contributed by atoms with van der Waals surface area (Å²) in [6.45, 7) is 1.62. The van der Waals surface area contributed by atoms with E-state index in [1.165, 1.54) is 32.1 Å². The van der Waals surface area contributed by atoms with E-state index >= 15 is 0 Å². The minimum absolute atomic E-state index is 0.148. The number of ether oxygens (including phenoxy) is 1. The summed E-state index contributed by atoms with van der Waals surface area (Å²) in [5, 5.41) is 12.5. The van der Waals surface area contributed by atoms with Crippen molar-refractivity contribution in [3.63, 3.8) is 0 Å². The highest BCUT2D eigenvalue weighted by molar-refractivity contribution is 5.70. The summed E-state index contributed by atoms with van der Waals surface area (Å²) < 4.78 is 5.87. The maximum absolute atomic E-state index is 11.0. The molecule has 0 bridgehead atoms. The molecule has 4 heteroatoms. The first kappa shape index (κ1) is 14.8. The van der Waals surface area contributed by atoms with E-state index in [2.05, 4.69) is 5.32 Å². The zero-order chi connectivity index (χ0) is 13.5. The first-order valence-corrected chi connectivity index (χ1v) is 7.83. The monoisotopic (exact) mass is 269 g/mol.